The van der Waals surface area contributed by atoms with Crippen LogP contribution in [0.25, 0.3) is 0 Å². The molecule has 1 atom stereocenters. The highest BCUT2D eigenvalue weighted by Gasteiger charge is 2.29. The average molecular weight is 304 g/mol. The fraction of sp³-hybridized carbons (Fsp3) is 0.824. The zero-order chi connectivity index (χ0) is 15.5. The van der Waals surface area contributed by atoms with Crippen LogP contribution in [0.3, 0.4) is 0 Å². The molecule has 5 nitrogen and oxygen atoms in total. The summed E-state index contributed by atoms with van der Waals surface area (Å²) in [6.07, 6.45) is 7.82. The number of carbonyl (C=O) groups excluding carboxylic acids is 1. The Balaban J connectivity index is 1.65. The highest BCUT2D eigenvalue weighted by atomic mass is 16.2. The van der Waals surface area contributed by atoms with E-state index in [4.69, 9.17) is 0 Å². The minimum Gasteiger partial charge on any atom is -0.342 e. The van der Waals surface area contributed by atoms with Gasteiger partial charge in [0.05, 0.1) is 0 Å². The molecular weight excluding hydrogens is 276 g/mol. The molecule has 0 radical (unpaired) electrons. The molecule has 1 aromatic rings. The number of hydrogen-bond donors (Lipinski definition) is 0. The minimum atomic E-state index is 0.154. The largest absolute Gasteiger partial charge is 0.342 e. The van der Waals surface area contributed by atoms with Crippen LogP contribution in [0.1, 0.15) is 69.9 Å². The van der Waals surface area contributed by atoms with Crippen LogP contribution in [0.15, 0.2) is 0 Å². The van der Waals surface area contributed by atoms with Gasteiger partial charge < -0.3 is 9.47 Å². The maximum atomic E-state index is 12.3. The van der Waals surface area contributed by atoms with Crippen molar-refractivity contribution in [2.24, 2.45) is 5.92 Å². The van der Waals surface area contributed by atoms with Crippen molar-refractivity contribution < 1.29 is 4.79 Å². The lowest BCUT2D eigenvalue weighted by molar-refractivity contribution is -0.136. The Kier molecular flexibility index (Phi) is 4.79. The Bertz CT molecular complexity index is 517. The number of nitrogens with zero attached hydrogens (tertiary/aromatic N) is 4. The third kappa shape index (κ3) is 3.03. The van der Waals surface area contributed by atoms with Crippen LogP contribution in [0, 0.1) is 5.92 Å². The van der Waals surface area contributed by atoms with Crippen molar-refractivity contribution in [2.75, 3.05) is 13.1 Å². The molecule has 2 aliphatic heterocycles. The van der Waals surface area contributed by atoms with Crippen LogP contribution in [-0.2, 0) is 17.8 Å². The molecule has 1 amide bonds. The molecule has 22 heavy (non-hydrogen) atoms. The maximum absolute atomic E-state index is 12.3. The maximum Gasteiger partial charge on any atom is 0.225 e. The van der Waals surface area contributed by atoms with Gasteiger partial charge >= 0.3 is 0 Å². The summed E-state index contributed by atoms with van der Waals surface area (Å²) in [5, 5.41) is 8.91. The molecule has 0 unspecified atom stereocenters. The molecule has 0 N–H and O–H groups in total. The van der Waals surface area contributed by atoms with Gasteiger partial charge in [0.25, 0.3) is 0 Å². The van der Waals surface area contributed by atoms with E-state index in [0.717, 1.165) is 45.3 Å². The Labute approximate surface area is 133 Å². The van der Waals surface area contributed by atoms with E-state index in [0.29, 0.717) is 11.8 Å². The van der Waals surface area contributed by atoms with Gasteiger partial charge in [-0.1, -0.05) is 20.3 Å². The molecule has 5 heteroatoms. The molecule has 0 spiro atoms. The number of amides is 1. The van der Waals surface area contributed by atoms with Crippen LogP contribution >= 0.6 is 0 Å². The van der Waals surface area contributed by atoms with Gasteiger partial charge in [-0.15, -0.1) is 10.2 Å². The number of aromatic nitrogens is 3. The molecule has 122 valence electrons. The summed E-state index contributed by atoms with van der Waals surface area (Å²) in [6, 6.07) is 0. The summed E-state index contributed by atoms with van der Waals surface area (Å²) in [6.45, 7) is 6.93. The molecule has 1 fully saturated rings. The van der Waals surface area contributed by atoms with Crippen molar-refractivity contribution in [3.63, 3.8) is 0 Å². The predicted molar refractivity (Wildman–Crippen MR) is 85.6 cm³/mol. The predicted octanol–water partition coefficient (Wildman–Crippen LogP) is 2.76. The second kappa shape index (κ2) is 6.80. The monoisotopic (exact) mass is 304 g/mol. The molecule has 0 aliphatic carbocycles. The van der Waals surface area contributed by atoms with Crippen LogP contribution < -0.4 is 0 Å². The van der Waals surface area contributed by atoms with Crippen molar-refractivity contribution in [1.82, 2.24) is 19.7 Å². The first-order valence-corrected chi connectivity index (χ1v) is 8.91. The smallest absolute Gasteiger partial charge is 0.225 e. The summed E-state index contributed by atoms with van der Waals surface area (Å²) >= 11 is 0. The Morgan fingerprint density at radius 1 is 1.18 bits per heavy atom. The Hall–Kier alpha value is -1.39. The number of carbonyl (C=O) groups is 1. The number of piperidine rings is 1. The second-order valence-electron chi connectivity index (χ2n) is 6.85. The van der Waals surface area contributed by atoms with Gasteiger partial charge in [-0.05, 0) is 32.1 Å². The molecule has 1 saturated heterocycles. The fourth-order valence-electron chi connectivity index (χ4n) is 3.65. The molecule has 0 saturated carbocycles. The number of likely N-dealkylation sites (tertiary alicyclic amines) is 1. The van der Waals surface area contributed by atoms with Crippen LogP contribution in [-0.4, -0.2) is 38.7 Å². The lowest BCUT2D eigenvalue weighted by Crippen LogP contribution is -2.41. The summed E-state index contributed by atoms with van der Waals surface area (Å²) in [5.41, 5.74) is 0. The van der Waals surface area contributed by atoms with E-state index >= 15 is 0 Å². The molecule has 1 aromatic heterocycles. The first kappa shape index (κ1) is 15.5. The molecule has 3 heterocycles. The molecule has 0 bridgehead atoms. The van der Waals surface area contributed by atoms with Gasteiger partial charge in [0.15, 0.2) is 0 Å². The zero-order valence-electron chi connectivity index (χ0n) is 13.9. The van der Waals surface area contributed by atoms with E-state index in [-0.39, 0.29) is 5.92 Å². The quantitative estimate of drug-likeness (QED) is 0.863. The first-order chi connectivity index (χ1) is 10.7. The number of fused-ring (bicyclic) bond motifs is 1. The van der Waals surface area contributed by atoms with Crippen LogP contribution in [0.2, 0.25) is 0 Å². The molecular formula is C17H28N4O. The van der Waals surface area contributed by atoms with E-state index in [1.807, 2.05) is 11.8 Å². The molecule has 2 aliphatic rings. The van der Waals surface area contributed by atoms with E-state index in [2.05, 4.69) is 21.7 Å². The van der Waals surface area contributed by atoms with Crippen molar-refractivity contribution in [1.29, 1.82) is 0 Å². The standard InChI is InChI=1S/C17H28N4O/c1-3-13(2)17(22)20-11-8-14(9-12-20)16-19-18-15-7-5-4-6-10-21(15)16/h13-14H,3-12H2,1-2H3/t13-/m0/s1. The fourth-order valence-corrected chi connectivity index (χ4v) is 3.65. The topological polar surface area (TPSA) is 51.0 Å². The Morgan fingerprint density at radius 3 is 2.68 bits per heavy atom. The lowest BCUT2D eigenvalue weighted by Gasteiger charge is -2.33. The average Bonchev–Trinajstić information content (AvgIpc) is 2.82. The van der Waals surface area contributed by atoms with Gasteiger partial charge in [0, 0.05) is 37.9 Å². The summed E-state index contributed by atoms with van der Waals surface area (Å²) in [4.78, 5) is 14.3. The second-order valence-corrected chi connectivity index (χ2v) is 6.85. The summed E-state index contributed by atoms with van der Waals surface area (Å²) in [5.74, 6) is 3.29. The number of hydrogen-bond acceptors (Lipinski definition) is 3. The van der Waals surface area contributed by atoms with Gasteiger partial charge in [0.1, 0.15) is 11.6 Å². The van der Waals surface area contributed by atoms with E-state index in [1.165, 1.54) is 30.9 Å². The summed E-state index contributed by atoms with van der Waals surface area (Å²) in [7, 11) is 0. The van der Waals surface area contributed by atoms with Crippen molar-refractivity contribution in [2.45, 2.75) is 71.3 Å². The van der Waals surface area contributed by atoms with Crippen molar-refractivity contribution in [3.8, 4) is 0 Å². The zero-order valence-corrected chi connectivity index (χ0v) is 13.9. The van der Waals surface area contributed by atoms with E-state index in [1.54, 1.807) is 0 Å². The number of aryl methyl sites for hydroxylation is 1. The van der Waals surface area contributed by atoms with Gasteiger partial charge in [0.2, 0.25) is 5.91 Å². The third-order valence-electron chi connectivity index (χ3n) is 5.34. The lowest BCUT2D eigenvalue weighted by atomic mass is 9.94. The third-order valence-corrected chi connectivity index (χ3v) is 5.34. The minimum absolute atomic E-state index is 0.154. The van der Waals surface area contributed by atoms with E-state index in [9.17, 15) is 4.79 Å². The van der Waals surface area contributed by atoms with Crippen molar-refractivity contribution in [3.05, 3.63) is 11.6 Å². The Morgan fingerprint density at radius 2 is 1.95 bits per heavy atom. The van der Waals surface area contributed by atoms with Gasteiger partial charge in [-0.2, -0.15) is 0 Å². The van der Waals surface area contributed by atoms with Gasteiger partial charge in [-0.25, -0.2) is 0 Å². The van der Waals surface area contributed by atoms with Crippen LogP contribution in [0.5, 0.6) is 0 Å². The van der Waals surface area contributed by atoms with Gasteiger partial charge in [-0.3, -0.25) is 4.79 Å². The molecule has 0 aromatic carbocycles. The normalized spacial score (nSPS) is 21.3. The van der Waals surface area contributed by atoms with E-state index < -0.39 is 0 Å². The SMILES string of the molecule is CC[C@H](C)C(=O)N1CCC(c2nnc3n2CCCCC3)CC1. The number of rotatable bonds is 3. The first-order valence-electron chi connectivity index (χ1n) is 8.91. The molecule has 3 rings (SSSR count). The van der Waals surface area contributed by atoms with Crippen molar-refractivity contribution >= 4 is 5.91 Å². The highest BCUT2D eigenvalue weighted by molar-refractivity contribution is 5.78. The summed E-state index contributed by atoms with van der Waals surface area (Å²) < 4.78 is 2.36. The van der Waals surface area contributed by atoms with Crippen LogP contribution in [0.4, 0.5) is 0 Å². The highest BCUT2D eigenvalue weighted by Crippen LogP contribution is 2.29.